The van der Waals surface area contributed by atoms with Gasteiger partial charge in [0.25, 0.3) is 0 Å². The average molecular weight is 269 g/mol. The molecule has 0 fully saturated rings. The summed E-state index contributed by atoms with van der Waals surface area (Å²) in [4.78, 5) is 2.20. The maximum absolute atomic E-state index is 5.24. The summed E-state index contributed by atoms with van der Waals surface area (Å²) in [6.07, 6.45) is 22.5. The van der Waals surface area contributed by atoms with Gasteiger partial charge in [0.2, 0.25) is 0 Å². The van der Waals surface area contributed by atoms with E-state index in [9.17, 15) is 0 Å². The molecule has 0 amide bonds. The first-order chi connectivity index (χ1) is 9.47. The van der Waals surface area contributed by atoms with Crippen molar-refractivity contribution in [2.45, 2.75) is 33.6 Å². The van der Waals surface area contributed by atoms with E-state index in [4.69, 9.17) is 6.42 Å². The van der Waals surface area contributed by atoms with E-state index in [1.807, 2.05) is 6.08 Å². The van der Waals surface area contributed by atoms with Gasteiger partial charge >= 0.3 is 0 Å². The van der Waals surface area contributed by atoms with Crippen LogP contribution in [0.1, 0.15) is 33.6 Å². The number of rotatable bonds is 6. The number of hydrogen-bond donors (Lipinski definition) is 0. The molecule has 0 aromatic carbocycles. The van der Waals surface area contributed by atoms with Crippen LogP contribution in [0.15, 0.2) is 48.2 Å². The van der Waals surface area contributed by atoms with Crippen molar-refractivity contribution >= 4 is 0 Å². The molecule has 1 rings (SSSR count). The third-order valence-corrected chi connectivity index (χ3v) is 3.69. The molecule has 0 radical (unpaired) electrons. The molecule has 1 aliphatic rings. The molecule has 1 unspecified atom stereocenters. The van der Waals surface area contributed by atoms with Crippen LogP contribution >= 0.6 is 0 Å². The second-order valence-corrected chi connectivity index (χ2v) is 6.04. The Morgan fingerprint density at radius 2 is 2.15 bits per heavy atom. The number of nitrogens with zero attached hydrogens (tertiary/aromatic N) is 1. The molecule has 1 heteroatoms. The van der Waals surface area contributed by atoms with Gasteiger partial charge < -0.3 is 4.90 Å². The Labute approximate surface area is 124 Å². The van der Waals surface area contributed by atoms with Crippen molar-refractivity contribution in [2.75, 3.05) is 13.6 Å². The maximum Gasteiger partial charge on any atom is 0.0283 e. The number of allylic oxidation sites excluding steroid dienone is 7. The fraction of sp³-hybridized carbons (Fsp3) is 0.474. The highest BCUT2D eigenvalue weighted by atomic mass is 15.1. The van der Waals surface area contributed by atoms with Gasteiger partial charge in [-0.25, -0.2) is 0 Å². The molecule has 20 heavy (non-hydrogen) atoms. The largest absolute Gasteiger partial charge is 0.381 e. The van der Waals surface area contributed by atoms with E-state index in [1.165, 1.54) is 5.57 Å². The second-order valence-electron chi connectivity index (χ2n) is 6.04. The predicted molar refractivity (Wildman–Crippen MR) is 89.1 cm³/mol. The molecule has 0 saturated heterocycles. The summed E-state index contributed by atoms with van der Waals surface area (Å²) in [5, 5.41) is 0. The van der Waals surface area contributed by atoms with Crippen LogP contribution in [0.3, 0.4) is 0 Å². The smallest absolute Gasteiger partial charge is 0.0283 e. The molecule has 0 aromatic rings. The van der Waals surface area contributed by atoms with Crippen molar-refractivity contribution in [3.63, 3.8) is 0 Å². The van der Waals surface area contributed by atoms with E-state index >= 15 is 0 Å². The molecule has 0 bridgehead atoms. The molecule has 0 saturated carbocycles. The molecule has 0 heterocycles. The molecular formula is C19H27N. The first kappa shape index (κ1) is 16.4. The third-order valence-electron chi connectivity index (χ3n) is 3.69. The average Bonchev–Trinajstić information content (AvgIpc) is 2.60. The van der Waals surface area contributed by atoms with Crippen molar-refractivity contribution in [1.82, 2.24) is 4.90 Å². The Bertz CT molecular complexity index is 457. The topological polar surface area (TPSA) is 3.24 Å². The minimum absolute atomic E-state index is 0.126. The molecule has 108 valence electrons. The van der Waals surface area contributed by atoms with E-state index in [1.54, 1.807) is 0 Å². The molecule has 0 N–H and O–H groups in total. The minimum atomic E-state index is 0.126. The van der Waals surface area contributed by atoms with Gasteiger partial charge in [-0.1, -0.05) is 57.2 Å². The van der Waals surface area contributed by atoms with Crippen molar-refractivity contribution in [1.29, 1.82) is 0 Å². The van der Waals surface area contributed by atoms with Gasteiger partial charge in [0.15, 0.2) is 0 Å². The van der Waals surface area contributed by atoms with E-state index in [0.717, 1.165) is 13.0 Å². The van der Waals surface area contributed by atoms with Gasteiger partial charge in [0.1, 0.15) is 0 Å². The molecule has 1 nitrogen and oxygen atoms in total. The zero-order valence-corrected chi connectivity index (χ0v) is 13.3. The highest BCUT2D eigenvalue weighted by molar-refractivity contribution is 5.32. The Kier molecular flexibility index (Phi) is 6.39. The first-order valence-electron chi connectivity index (χ1n) is 7.36. The lowest BCUT2D eigenvalue weighted by Gasteiger charge is -2.25. The van der Waals surface area contributed by atoms with Gasteiger partial charge in [-0.3, -0.25) is 0 Å². The Morgan fingerprint density at radius 3 is 2.80 bits per heavy atom. The zero-order valence-electron chi connectivity index (χ0n) is 13.3. The van der Waals surface area contributed by atoms with Crippen molar-refractivity contribution in [3.8, 4) is 12.3 Å². The fourth-order valence-corrected chi connectivity index (χ4v) is 2.12. The normalized spacial score (nSPS) is 21.9. The summed E-state index contributed by atoms with van der Waals surface area (Å²) in [6.45, 7) is 7.77. The van der Waals surface area contributed by atoms with Crippen LogP contribution in [-0.4, -0.2) is 18.5 Å². The molecular weight excluding hydrogens is 242 g/mol. The zero-order chi connectivity index (χ0) is 15.0. The van der Waals surface area contributed by atoms with Crippen LogP contribution in [0.25, 0.3) is 0 Å². The molecule has 0 spiro atoms. The van der Waals surface area contributed by atoms with Crippen LogP contribution in [0.2, 0.25) is 0 Å². The first-order valence-corrected chi connectivity index (χ1v) is 7.36. The SMILES string of the molecule is C#CC/C=C\N(C)CCC1(C)C=CC=C(C(C)C)C=C1. The van der Waals surface area contributed by atoms with Gasteiger partial charge in [0.05, 0.1) is 0 Å². The molecule has 0 aliphatic heterocycles. The summed E-state index contributed by atoms with van der Waals surface area (Å²) in [7, 11) is 2.10. The van der Waals surface area contributed by atoms with Gasteiger partial charge in [-0.05, 0) is 24.1 Å². The van der Waals surface area contributed by atoms with Gasteiger partial charge in [0, 0.05) is 25.4 Å². The molecule has 1 atom stereocenters. The van der Waals surface area contributed by atoms with Crippen LogP contribution in [-0.2, 0) is 0 Å². The van der Waals surface area contributed by atoms with Crippen molar-refractivity contribution in [3.05, 3.63) is 48.2 Å². The van der Waals surface area contributed by atoms with E-state index < -0.39 is 0 Å². The quantitative estimate of drug-likeness (QED) is 0.639. The number of hydrogen-bond acceptors (Lipinski definition) is 1. The summed E-state index contributed by atoms with van der Waals surface area (Å²) in [6, 6.07) is 0. The highest BCUT2D eigenvalue weighted by Gasteiger charge is 2.18. The maximum atomic E-state index is 5.24. The van der Waals surface area contributed by atoms with Crippen LogP contribution in [0.4, 0.5) is 0 Å². The fourth-order valence-electron chi connectivity index (χ4n) is 2.12. The second kappa shape index (κ2) is 7.80. The summed E-state index contributed by atoms with van der Waals surface area (Å²) in [5.41, 5.74) is 1.52. The molecule has 1 aliphatic carbocycles. The van der Waals surface area contributed by atoms with Crippen molar-refractivity contribution in [2.24, 2.45) is 11.3 Å². The lowest BCUT2D eigenvalue weighted by atomic mass is 9.85. The number of terminal acetylenes is 1. The van der Waals surface area contributed by atoms with Gasteiger partial charge in [-0.2, -0.15) is 0 Å². The van der Waals surface area contributed by atoms with E-state index in [2.05, 4.69) is 75.2 Å². The standard InChI is InChI=1S/C19H27N/c1-6-7-8-15-20(5)16-14-19(4)12-9-10-18(11-13-19)17(2)3/h1,8-13,15,17H,7,14,16H2,2-5H3/b15-8-. The highest BCUT2D eigenvalue weighted by Crippen LogP contribution is 2.29. The summed E-state index contributed by atoms with van der Waals surface area (Å²) < 4.78 is 0. The lowest BCUT2D eigenvalue weighted by molar-refractivity contribution is 0.374. The predicted octanol–water partition coefficient (Wildman–Crippen LogP) is 4.56. The monoisotopic (exact) mass is 269 g/mol. The van der Waals surface area contributed by atoms with E-state index in [0.29, 0.717) is 12.3 Å². The Morgan fingerprint density at radius 1 is 1.40 bits per heavy atom. The minimum Gasteiger partial charge on any atom is -0.381 e. The van der Waals surface area contributed by atoms with Crippen LogP contribution in [0, 0.1) is 23.7 Å². The van der Waals surface area contributed by atoms with Crippen LogP contribution < -0.4 is 0 Å². The Hall–Kier alpha value is -1.68. The third kappa shape index (κ3) is 5.53. The summed E-state index contributed by atoms with van der Waals surface area (Å²) in [5.74, 6) is 3.19. The van der Waals surface area contributed by atoms with Gasteiger partial charge in [-0.15, -0.1) is 12.3 Å². The lowest BCUT2D eigenvalue weighted by Crippen LogP contribution is -2.20. The molecule has 0 aromatic heterocycles. The summed E-state index contributed by atoms with van der Waals surface area (Å²) >= 11 is 0. The Balaban J connectivity index is 2.56. The van der Waals surface area contributed by atoms with Crippen LogP contribution in [0.5, 0.6) is 0 Å². The van der Waals surface area contributed by atoms with E-state index in [-0.39, 0.29) is 5.41 Å². The van der Waals surface area contributed by atoms with Crippen molar-refractivity contribution < 1.29 is 0 Å².